The van der Waals surface area contributed by atoms with Crippen molar-refractivity contribution < 1.29 is 17.7 Å². The van der Waals surface area contributed by atoms with Gasteiger partial charge in [0.25, 0.3) is 0 Å². The first-order valence-electron chi connectivity index (χ1n) is 8.97. The number of aliphatic imine (C=N–C) groups is 1. The van der Waals surface area contributed by atoms with Crippen molar-refractivity contribution >= 4 is 16.0 Å². The molecule has 1 fully saturated rings. The van der Waals surface area contributed by atoms with E-state index in [1.54, 1.807) is 13.1 Å². The monoisotopic (exact) mass is 387 g/mol. The summed E-state index contributed by atoms with van der Waals surface area (Å²) in [5, 5.41) is 7.02. The van der Waals surface area contributed by atoms with Crippen molar-refractivity contribution in [1.82, 2.24) is 19.7 Å². The Morgan fingerprint density at radius 2 is 2.12 bits per heavy atom. The average molecular weight is 388 g/mol. The second kappa shape index (κ2) is 10.5. The number of ether oxygens (including phenoxy) is 1. The number of piperazine rings is 1. The van der Waals surface area contributed by atoms with Crippen molar-refractivity contribution in [1.29, 1.82) is 0 Å². The zero-order valence-electron chi connectivity index (χ0n) is 15.6. The SMILES string of the molecule is CCOCCCCNC(=NC)N1CCN(S(=O)(=O)Cc2ccon2)CC1. The van der Waals surface area contributed by atoms with Crippen LogP contribution in [-0.4, -0.2) is 81.7 Å². The van der Waals surface area contributed by atoms with Gasteiger partial charge in [0, 0.05) is 59.1 Å². The molecule has 26 heavy (non-hydrogen) atoms. The quantitative estimate of drug-likeness (QED) is 0.374. The third-order valence-electron chi connectivity index (χ3n) is 4.17. The van der Waals surface area contributed by atoms with Crippen molar-refractivity contribution in [2.45, 2.75) is 25.5 Å². The second-order valence-electron chi connectivity index (χ2n) is 6.01. The number of nitrogens with zero attached hydrogens (tertiary/aromatic N) is 4. The van der Waals surface area contributed by atoms with E-state index in [0.29, 0.717) is 31.9 Å². The van der Waals surface area contributed by atoms with Gasteiger partial charge in [0.2, 0.25) is 10.0 Å². The predicted octanol–water partition coefficient (Wildman–Crippen LogP) is 0.514. The number of guanidine groups is 1. The van der Waals surface area contributed by atoms with Gasteiger partial charge in [-0.15, -0.1) is 0 Å². The fraction of sp³-hybridized carbons (Fsp3) is 0.750. The number of aromatic nitrogens is 1. The molecule has 148 valence electrons. The highest BCUT2D eigenvalue weighted by molar-refractivity contribution is 7.88. The van der Waals surface area contributed by atoms with Gasteiger partial charge in [-0.25, -0.2) is 8.42 Å². The van der Waals surface area contributed by atoms with Gasteiger partial charge in [-0.05, 0) is 19.8 Å². The predicted molar refractivity (Wildman–Crippen MR) is 99.4 cm³/mol. The van der Waals surface area contributed by atoms with E-state index in [1.807, 2.05) is 6.92 Å². The molecule has 0 bridgehead atoms. The number of hydrogen-bond donors (Lipinski definition) is 1. The molecule has 0 aromatic carbocycles. The molecule has 2 heterocycles. The highest BCUT2D eigenvalue weighted by Crippen LogP contribution is 2.12. The molecule has 0 atom stereocenters. The van der Waals surface area contributed by atoms with E-state index in [0.717, 1.165) is 38.6 Å². The first-order chi connectivity index (χ1) is 12.6. The van der Waals surface area contributed by atoms with Crippen LogP contribution in [0.25, 0.3) is 0 Å². The normalized spacial score (nSPS) is 16.8. The molecule has 0 aliphatic carbocycles. The van der Waals surface area contributed by atoms with E-state index in [-0.39, 0.29) is 5.75 Å². The van der Waals surface area contributed by atoms with Gasteiger partial charge < -0.3 is 19.5 Å². The minimum Gasteiger partial charge on any atom is -0.382 e. The summed E-state index contributed by atoms with van der Waals surface area (Å²) in [6.07, 6.45) is 3.39. The van der Waals surface area contributed by atoms with Crippen LogP contribution in [0.15, 0.2) is 21.8 Å². The van der Waals surface area contributed by atoms with Crippen LogP contribution in [0.2, 0.25) is 0 Å². The Bertz CT molecular complexity index is 640. The van der Waals surface area contributed by atoms with Gasteiger partial charge in [0.1, 0.15) is 12.0 Å². The zero-order valence-corrected chi connectivity index (χ0v) is 16.4. The molecule has 0 amide bonds. The number of sulfonamides is 1. The van der Waals surface area contributed by atoms with Crippen LogP contribution in [-0.2, 0) is 20.5 Å². The van der Waals surface area contributed by atoms with Crippen LogP contribution in [0.5, 0.6) is 0 Å². The molecule has 0 saturated carbocycles. The maximum atomic E-state index is 12.5. The third kappa shape index (κ3) is 6.26. The maximum absolute atomic E-state index is 12.5. The Labute approximate surface area is 155 Å². The lowest BCUT2D eigenvalue weighted by Gasteiger charge is -2.35. The van der Waals surface area contributed by atoms with Crippen molar-refractivity contribution in [3.8, 4) is 0 Å². The molecule has 2 rings (SSSR count). The van der Waals surface area contributed by atoms with E-state index < -0.39 is 10.0 Å². The van der Waals surface area contributed by atoms with Gasteiger partial charge >= 0.3 is 0 Å². The largest absolute Gasteiger partial charge is 0.382 e. The summed E-state index contributed by atoms with van der Waals surface area (Å²) < 4.78 is 36.5. The van der Waals surface area contributed by atoms with Crippen molar-refractivity contribution in [3.05, 3.63) is 18.0 Å². The molecule has 1 aliphatic rings. The minimum atomic E-state index is -3.38. The van der Waals surface area contributed by atoms with Crippen LogP contribution >= 0.6 is 0 Å². The number of rotatable bonds is 9. The molecule has 0 unspecified atom stereocenters. The fourth-order valence-electron chi connectivity index (χ4n) is 2.77. The van der Waals surface area contributed by atoms with Crippen molar-refractivity contribution in [2.24, 2.45) is 4.99 Å². The Morgan fingerprint density at radius 1 is 1.35 bits per heavy atom. The Hall–Kier alpha value is -1.65. The Morgan fingerprint density at radius 3 is 2.73 bits per heavy atom. The minimum absolute atomic E-state index is 0.129. The first kappa shape index (κ1) is 20.7. The molecule has 0 radical (unpaired) electrons. The molecule has 1 aliphatic heterocycles. The highest BCUT2D eigenvalue weighted by atomic mass is 32.2. The van der Waals surface area contributed by atoms with Gasteiger partial charge in [-0.3, -0.25) is 4.99 Å². The van der Waals surface area contributed by atoms with E-state index >= 15 is 0 Å². The van der Waals surface area contributed by atoms with E-state index in [1.165, 1.54) is 10.6 Å². The van der Waals surface area contributed by atoms with Crippen molar-refractivity contribution in [2.75, 3.05) is 53.0 Å². The second-order valence-corrected chi connectivity index (χ2v) is 7.98. The maximum Gasteiger partial charge on any atom is 0.220 e. The summed E-state index contributed by atoms with van der Waals surface area (Å²) in [5.41, 5.74) is 0.428. The average Bonchev–Trinajstić information content (AvgIpc) is 3.14. The van der Waals surface area contributed by atoms with E-state index in [4.69, 9.17) is 9.26 Å². The van der Waals surface area contributed by atoms with Crippen LogP contribution in [0.1, 0.15) is 25.5 Å². The fourth-order valence-corrected chi connectivity index (χ4v) is 4.20. The molecular weight excluding hydrogens is 358 g/mol. The topological polar surface area (TPSA) is 100 Å². The van der Waals surface area contributed by atoms with E-state index in [9.17, 15) is 8.42 Å². The molecule has 10 heteroatoms. The van der Waals surface area contributed by atoms with Crippen molar-refractivity contribution in [3.63, 3.8) is 0 Å². The smallest absolute Gasteiger partial charge is 0.220 e. The van der Waals surface area contributed by atoms with Crippen LogP contribution in [0.4, 0.5) is 0 Å². The number of unbranched alkanes of at least 4 members (excludes halogenated alkanes) is 1. The molecule has 1 saturated heterocycles. The molecule has 1 aromatic heterocycles. The van der Waals surface area contributed by atoms with Crippen LogP contribution in [0, 0.1) is 0 Å². The molecular formula is C16H29N5O4S. The standard InChI is InChI=1S/C16H29N5O4S/c1-3-24-12-5-4-7-18-16(17-2)20-8-10-21(11-9-20)26(22,23)14-15-6-13-25-19-15/h6,13H,3-5,7-12,14H2,1-2H3,(H,17,18). The summed E-state index contributed by atoms with van der Waals surface area (Å²) in [7, 11) is -1.64. The van der Waals surface area contributed by atoms with Gasteiger partial charge in [-0.2, -0.15) is 4.31 Å². The van der Waals surface area contributed by atoms with Crippen LogP contribution in [0.3, 0.4) is 0 Å². The van der Waals surface area contributed by atoms with Crippen LogP contribution < -0.4 is 5.32 Å². The Kier molecular flexibility index (Phi) is 8.33. The summed E-state index contributed by atoms with van der Waals surface area (Å²) in [5.74, 6) is 0.686. The summed E-state index contributed by atoms with van der Waals surface area (Å²) in [4.78, 5) is 6.39. The lowest BCUT2D eigenvalue weighted by atomic mass is 10.3. The summed E-state index contributed by atoms with van der Waals surface area (Å²) in [6.45, 7) is 6.43. The summed E-state index contributed by atoms with van der Waals surface area (Å²) in [6, 6.07) is 1.57. The first-order valence-corrected chi connectivity index (χ1v) is 10.6. The summed E-state index contributed by atoms with van der Waals surface area (Å²) >= 11 is 0. The lowest BCUT2D eigenvalue weighted by molar-refractivity contribution is 0.143. The lowest BCUT2D eigenvalue weighted by Crippen LogP contribution is -2.54. The number of hydrogen-bond acceptors (Lipinski definition) is 6. The van der Waals surface area contributed by atoms with Gasteiger partial charge in [-0.1, -0.05) is 5.16 Å². The highest BCUT2D eigenvalue weighted by Gasteiger charge is 2.28. The molecule has 0 spiro atoms. The van der Waals surface area contributed by atoms with Gasteiger partial charge in [0.05, 0.1) is 5.69 Å². The number of nitrogens with one attached hydrogen (secondary N) is 1. The molecule has 9 nitrogen and oxygen atoms in total. The van der Waals surface area contributed by atoms with E-state index in [2.05, 4.69) is 20.4 Å². The molecule has 1 aromatic rings. The Balaban J connectivity index is 1.75. The van der Waals surface area contributed by atoms with Gasteiger partial charge in [0.15, 0.2) is 5.96 Å². The third-order valence-corrected chi connectivity index (χ3v) is 5.98. The molecule has 1 N–H and O–H groups in total. The zero-order chi connectivity index (χ0) is 18.8.